The molecule has 0 N–H and O–H groups in total. The predicted octanol–water partition coefficient (Wildman–Crippen LogP) is 7.60. The lowest BCUT2D eigenvalue weighted by molar-refractivity contribution is -0.160. The van der Waals surface area contributed by atoms with E-state index in [-0.39, 0.29) is 12.6 Å². The maximum atomic E-state index is 11.9. The highest BCUT2D eigenvalue weighted by atomic mass is 35.5. The maximum Gasteiger partial charge on any atom is 0.332 e. The van der Waals surface area contributed by atoms with Crippen molar-refractivity contribution >= 4 is 17.6 Å². The molecular weight excluding hydrogens is 484 g/mol. The van der Waals surface area contributed by atoms with Crippen molar-refractivity contribution in [3.63, 3.8) is 0 Å². The Hall–Kier alpha value is -2.63. The number of esters is 1. The van der Waals surface area contributed by atoms with E-state index in [1.54, 1.807) is 0 Å². The molecule has 3 aromatic rings. The molecule has 37 heavy (non-hydrogen) atoms. The minimum absolute atomic E-state index is 0.0279. The smallest absolute Gasteiger partial charge is 0.332 e. The Labute approximate surface area is 226 Å². The monoisotopic (exact) mass is 522 g/mol. The van der Waals surface area contributed by atoms with Gasteiger partial charge in [-0.25, -0.2) is 4.79 Å². The first-order valence-corrected chi connectivity index (χ1v) is 13.8. The molecule has 198 valence electrons. The van der Waals surface area contributed by atoms with Gasteiger partial charge in [-0.1, -0.05) is 61.0 Å². The van der Waals surface area contributed by atoms with Gasteiger partial charge in [-0.2, -0.15) is 5.10 Å². The van der Waals surface area contributed by atoms with Crippen molar-refractivity contribution in [1.82, 2.24) is 9.78 Å². The highest BCUT2D eigenvalue weighted by Crippen LogP contribution is 2.37. The lowest BCUT2D eigenvalue weighted by atomic mass is 9.82. The molecule has 1 heterocycles. The van der Waals surface area contributed by atoms with Crippen molar-refractivity contribution in [1.29, 1.82) is 0 Å². The lowest BCUT2D eigenvalue weighted by Crippen LogP contribution is -2.28. The Kier molecular flexibility index (Phi) is 9.09. The molecule has 0 spiro atoms. The first-order valence-electron chi connectivity index (χ1n) is 13.4. The van der Waals surface area contributed by atoms with Gasteiger partial charge in [0, 0.05) is 28.4 Å². The number of hydrogen-bond acceptors (Lipinski definition) is 4. The van der Waals surface area contributed by atoms with Crippen LogP contribution in [0.4, 0.5) is 0 Å². The third-order valence-electron chi connectivity index (χ3n) is 6.96. The van der Waals surface area contributed by atoms with Crippen LogP contribution in [-0.2, 0) is 27.2 Å². The molecule has 4 rings (SSSR count). The first-order chi connectivity index (χ1) is 17.7. The number of hydrogen-bond donors (Lipinski definition) is 0. The second-order valence-corrected chi connectivity index (χ2v) is 11.5. The van der Waals surface area contributed by atoms with E-state index < -0.39 is 5.60 Å². The molecule has 1 fully saturated rings. The molecule has 0 amide bonds. The average molecular weight is 523 g/mol. The Morgan fingerprint density at radius 1 is 0.973 bits per heavy atom. The van der Waals surface area contributed by atoms with Gasteiger partial charge in [0.1, 0.15) is 17.9 Å². The number of carbonyl (C=O) groups excluding carboxylic acids is 1. The highest BCUT2D eigenvalue weighted by Gasteiger charge is 2.26. The van der Waals surface area contributed by atoms with Gasteiger partial charge in [-0.3, -0.25) is 4.68 Å². The van der Waals surface area contributed by atoms with Crippen LogP contribution in [0.5, 0.6) is 0 Å². The van der Waals surface area contributed by atoms with Crippen LogP contribution < -0.4 is 0 Å². The number of rotatable bonds is 9. The Morgan fingerprint density at radius 3 is 2.24 bits per heavy atom. The number of aromatic nitrogens is 2. The largest absolute Gasteiger partial charge is 0.458 e. The summed E-state index contributed by atoms with van der Waals surface area (Å²) >= 11 is 6.18. The Bertz CT molecular complexity index is 1160. The molecule has 6 heteroatoms. The van der Waals surface area contributed by atoms with E-state index in [0.717, 1.165) is 54.9 Å². The van der Waals surface area contributed by atoms with Crippen molar-refractivity contribution < 1.29 is 14.3 Å². The molecule has 2 aromatic carbocycles. The van der Waals surface area contributed by atoms with E-state index >= 15 is 0 Å². The van der Waals surface area contributed by atoms with Crippen molar-refractivity contribution in [3.05, 3.63) is 65.3 Å². The second kappa shape index (κ2) is 12.3. The molecule has 5 nitrogen and oxygen atoms in total. The minimum atomic E-state index is -0.476. The fourth-order valence-corrected chi connectivity index (χ4v) is 5.36. The molecule has 1 aliphatic carbocycles. The van der Waals surface area contributed by atoms with Crippen LogP contribution in [0.3, 0.4) is 0 Å². The van der Waals surface area contributed by atoms with E-state index in [2.05, 4.69) is 54.1 Å². The highest BCUT2D eigenvalue weighted by molar-refractivity contribution is 6.30. The second-order valence-electron chi connectivity index (χ2n) is 11.1. The summed E-state index contributed by atoms with van der Waals surface area (Å²) in [4.78, 5) is 11.9. The van der Waals surface area contributed by atoms with E-state index in [4.69, 9.17) is 26.2 Å². The zero-order valence-corrected chi connectivity index (χ0v) is 23.3. The van der Waals surface area contributed by atoms with Gasteiger partial charge in [0.05, 0.1) is 6.61 Å². The minimum Gasteiger partial charge on any atom is -0.458 e. The van der Waals surface area contributed by atoms with Gasteiger partial charge in [0.2, 0.25) is 0 Å². The van der Waals surface area contributed by atoms with E-state index in [1.165, 1.54) is 16.8 Å². The fraction of sp³-hybridized carbons (Fsp3) is 0.484. The van der Waals surface area contributed by atoms with Gasteiger partial charge in [0.25, 0.3) is 0 Å². The molecule has 0 radical (unpaired) electrons. The molecular formula is C31H39ClN2O3. The topological polar surface area (TPSA) is 53.4 Å². The summed E-state index contributed by atoms with van der Waals surface area (Å²) in [6.07, 6.45) is 5.41. The number of halogens is 1. The van der Waals surface area contributed by atoms with Gasteiger partial charge in [0.15, 0.2) is 0 Å². The third kappa shape index (κ3) is 7.45. The molecule has 1 aliphatic rings. The van der Waals surface area contributed by atoms with Crippen molar-refractivity contribution in [2.75, 3.05) is 13.2 Å². The number of benzene rings is 2. The van der Waals surface area contributed by atoms with Crippen LogP contribution in [0.2, 0.25) is 5.02 Å². The molecule has 0 saturated heterocycles. The SMILES string of the molecule is CCc1c(-c2ccccc2)c(-c2ccc(Cl)cc2)nn1C[C@H]1CC[C@H](COCC(=O)OC(C)(C)C)CC1. The summed E-state index contributed by atoms with van der Waals surface area (Å²) in [7, 11) is 0. The summed E-state index contributed by atoms with van der Waals surface area (Å²) in [6, 6.07) is 18.5. The van der Waals surface area contributed by atoms with E-state index in [0.29, 0.717) is 18.4 Å². The quantitative estimate of drug-likeness (QED) is 0.271. The Morgan fingerprint density at radius 2 is 1.62 bits per heavy atom. The molecule has 0 atom stereocenters. The number of ether oxygens (including phenoxy) is 2. The van der Waals surface area contributed by atoms with E-state index in [1.807, 2.05) is 32.9 Å². The van der Waals surface area contributed by atoms with Crippen LogP contribution >= 0.6 is 11.6 Å². The maximum absolute atomic E-state index is 11.9. The molecule has 0 aliphatic heterocycles. The zero-order valence-electron chi connectivity index (χ0n) is 22.5. The normalized spacial score (nSPS) is 18.1. The molecule has 0 unspecified atom stereocenters. The van der Waals surface area contributed by atoms with Crippen LogP contribution in [-0.4, -0.2) is 34.6 Å². The van der Waals surface area contributed by atoms with Crippen LogP contribution in [0.25, 0.3) is 22.4 Å². The molecule has 0 bridgehead atoms. The summed E-state index contributed by atoms with van der Waals surface area (Å²) in [6.45, 7) is 9.39. The first kappa shape index (κ1) is 27.4. The van der Waals surface area contributed by atoms with E-state index in [9.17, 15) is 4.79 Å². The van der Waals surface area contributed by atoms with Gasteiger partial charge in [-0.15, -0.1) is 0 Å². The number of carbonyl (C=O) groups is 1. The fourth-order valence-electron chi connectivity index (χ4n) is 5.23. The van der Waals surface area contributed by atoms with Crippen LogP contribution in [0, 0.1) is 11.8 Å². The average Bonchev–Trinajstić information content (AvgIpc) is 3.23. The zero-order chi connectivity index (χ0) is 26.4. The van der Waals surface area contributed by atoms with Crippen molar-refractivity contribution in [2.45, 2.75) is 71.9 Å². The summed E-state index contributed by atoms with van der Waals surface area (Å²) in [5, 5.41) is 5.89. The van der Waals surface area contributed by atoms with Gasteiger partial charge in [-0.05, 0) is 82.4 Å². The Balaban J connectivity index is 1.43. The lowest BCUT2D eigenvalue weighted by Gasteiger charge is -2.28. The van der Waals surface area contributed by atoms with Crippen LogP contribution in [0.15, 0.2) is 54.6 Å². The standard InChI is InChI=1S/C31H39ClN2O3/c1-5-27-29(24-9-7-6-8-10-24)30(25-15-17-26(32)18-16-25)33-34(27)19-22-11-13-23(14-12-22)20-36-21-28(35)37-31(2,3)4/h6-10,15-18,22-23H,5,11-14,19-21H2,1-4H3/t22-,23-. The summed E-state index contributed by atoms with van der Waals surface area (Å²) < 4.78 is 13.3. The predicted molar refractivity (Wildman–Crippen MR) is 150 cm³/mol. The summed E-state index contributed by atoms with van der Waals surface area (Å²) in [5.74, 6) is 0.776. The summed E-state index contributed by atoms with van der Waals surface area (Å²) in [5.41, 5.74) is 5.32. The van der Waals surface area contributed by atoms with Gasteiger partial charge < -0.3 is 9.47 Å². The third-order valence-corrected chi connectivity index (χ3v) is 7.22. The van der Waals surface area contributed by atoms with Crippen molar-refractivity contribution in [3.8, 4) is 22.4 Å². The molecule has 1 aromatic heterocycles. The van der Waals surface area contributed by atoms with Crippen LogP contribution in [0.1, 0.15) is 59.1 Å². The number of nitrogens with zero attached hydrogens (tertiary/aromatic N) is 2. The van der Waals surface area contributed by atoms with Crippen molar-refractivity contribution in [2.24, 2.45) is 11.8 Å². The molecule has 1 saturated carbocycles. The van der Waals surface area contributed by atoms with Gasteiger partial charge >= 0.3 is 5.97 Å².